The number of aliphatic hydroxyl groups excluding tert-OH is 6. The maximum atomic E-state index is 9.35. The zero-order valence-corrected chi connectivity index (χ0v) is 27.4. The van der Waals surface area contributed by atoms with Crippen LogP contribution in [0.1, 0.15) is 138 Å². The summed E-state index contributed by atoms with van der Waals surface area (Å²) in [5.41, 5.74) is 0. The van der Waals surface area contributed by atoms with E-state index >= 15 is 0 Å². The Morgan fingerprint density at radius 3 is 1.14 bits per heavy atom. The first-order valence-electron chi connectivity index (χ1n) is 15.1. The Morgan fingerprint density at radius 1 is 0.459 bits per heavy atom. The fourth-order valence-electron chi connectivity index (χ4n) is 3.56. The maximum Gasteiger partial charge on any atom is 0.0590 e. The molecule has 0 rings (SSSR count). The molecule has 0 aromatic carbocycles. The van der Waals surface area contributed by atoms with Gasteiger partial charge in [0, 0.05) is 60.0 Å². The van der Waals surface area contributed by atoms with Crippen molar-refractivity contribution < 1.29 is 52.4 Å². The molecule has 0 aromatic rings. The van der Waals surface area contributed by atoms with E-state index in [-0.39, 0.29) is 59.0 Å². The number of aliphatic hydroxyl groups is 6. The van der Waals surface area contributed by atoms with E-state index in [1.165, 1.54) is 38.5 Å². The van der Waals surface area contributed by atoms with Crippen LogP contribution in [0, 0.1) is 17.8 Å². The smallest absolute Gasteiger partial charge is 0.0590 e. The van der Waals surface area contributed by atoms with E-state index in [1.807, 2.05) is 27.7 Å². The summed E-state index contributed by atoms with van der Waals surface area (Å²) in [6, 6.07) is 0. The van der Waals surface area contributed by atoms with E-state index in [2.05, 4.69) is 20.8 Å². The van der Waals surface area contributed by atoms with Gasteiger partial charge in [-0.15, -0.1) is 0 Å². The molecule has 6 nitrogen and oxygen atoms in total. The van der Waals surface area contributed by atoms with E-state index < -0.39 is 0 Å². The van der Waals surface area contributed by atoms with Crippen molar-refractivity contribution in [2.24, 2.45) is 17.8 Å². The molecule has 5 atom stereocenters. The van der Waals surface area contributed by atoms with Crippen LogP contribution >= 0.6 is 0 Å². The molecule has 0 fully saturated rings. The van der Waals surface area contributed by atoms with Crippen molar-refractivity contribution in [3.05, 3.63) is 0 Å². The fourth-order valence-corrected chi connectivity index (χ4v) is 3.56. The summed E-state index contributed by atoms with van der Waals surface area (Å²) in [7, 11) is 0. The Balaban J connectivity index is -0.000000123. The van der Waals surface area contributed by atoms with Crippen molar-refractivity contribution in [1.29, 1.82) is 0 Å². The van der Waals surface area contributed by atoms with Crippen LogP contribution in [0.2, 0.25) is 0 Å². The van der Waals surface area contributed by atoms with Gasteiger partial charge in [0.1, 0.15) is 0 Å². The molecular weight excluding hydrogens is 504 g/mol. The molecule has 0 aliphatic heterocycles. The minimum Gasteiger partial charge on any atom is -0.396 e. The van der Waals surface area contributed by atoms with Gasteiger partial charge in [-0.25, -0.2) is 0 Å². The zero-order valence-electron chi connectivity index (χ0n) is 25.8. The first kappa shape index (κ1) is 47.3. The first-order chi connectivity index (χ1) is 17.3. The molecular formula is C30H68O6Ti. The van der Waals surface area contributed by atoms with Crippen molar-refractivity contribution in [2.75, 3.05) is 26.4 Å². The van der Waals surface area contributed by atoms with Crippen molar-refractivity contribution in [3.63, 3.8) is 0 Å². The molecule has 0 amide bonds. The van der Waals surface area contributed by atoms with Gasteiger partial charge in [0.05, 0.1) is 12.2 Å². The Labute approximate surface area is 246 Å². The molecule has 7 heteroatoms. The van der Waals surface area contributed by atoms with Crippen molar-refractivity contribution >= 4 is 0 Å². The number of hydrogen-bond acceptors (Lipinski definition) is 6. The number of unbranched alkanes of at least 4 members (excludes halogenated alkanes) is 4. The van der Waals surface area contributed by atoms with Gasteiger partial charge < -0.3 is 30.6 Å². The second kappa shape index (κ2) is 41.0. The van der Waals surface area contributed by atoms with Crippen molar-refractivity contribution in [1.82, 2.24) is 0 Å². The summed E-state index contributed by atoms with van der Waals surface area (Å²) in [5, 5.41) is 53.3. The largest absolute Gasteiger partial charge is 0.396 e. The third-order valence-electron chi connectivity index (χ3n) is 6.59. The van der Waals surface area contributed by atoms with Gasteiger partial charge in [-0.1, -0.05) is 99.8 Å². The Kier molecular flexibility index (Phi) is 52.3. The molecule has 0 heterocycles. The third kappa shape index (κ3) is 36.5. The summed E-state index contributed by atoms with van der Waals surface area (Å²) in [5.74, 6) is 0.727. The summed E-state index contributed by atoms with van der Waals surface area (Å²) in [6.45, 7) is 15.5. The van der Waals surface area contributed by atoms with Gasteiger partial charge in [0.2, 0.25) is 0 Å². The second-order valence-electron chi connectivity index (χ2n) is 9.80. The van der Waals surface area contributed by atoms with E-state index in [1.54, 1.807) is 0 Å². The molecule has 0 aromatic heterocycles. The Morgan fingerprint density at radius 2 is 0.892 bits per heavy atom. The first-order valence-corrected chi connectivity index (χ1v) is 15.1. The van der Waals surface area contributed by atoms with Gasteiger partial charge in [0.25, 0.3) is 0 Å². The minimum absolute atomic E-state index is 0. The van der Waals surface area contributed by atoms with Crippen LogP contribution in [0.3, 0.4) is 0 Å². The average molecular weight is 573 g/mol. The molecule has 228 valence electrons. The SMILES string of the molecule is CCCC(O)C(CC)CO.CCCCC(CC)CO.CCCCCCO.CCC[C@H](O)C(CC)CO.[Ti]. The van der Waals surface area contributed by atoms with Crippen LogP contribution in [-0.2, 0) is 21.7 Å². The molecule has 0 aliphatic carbocycles. The average Bonchev–Trinajstić information content (AvgIpc) is 2.88. The van der Waals surface area contributed by atoms with Crippen LogP contribution in [0.25, 0.3) is 0 Å². The monoisotopic (exact) mass is 572 g/mol. The molecule has 4 unspecified atom stereocenters. The molecule has 0 saturated heterocycles. The topological polar surface area (TPSA) is 121 Å². The summed E-state index contributed by atoms with van der Waals surface area (Å²) < 4.78 is 0. The molecule has 0 radical (unpaired) electrons. The summed E-state index contributed by atoms with van der Waals surface area (Å²) >= 11 is 0. The van der Waals surface area contributed by atoms with E-state index in [0.717, 1.165) is 51.4 Å². The molecule has 6 N–H and O–H groups in total. The number of hydrogen-bond donors (Lipinski definition) is 6. The van der Waals surface area contributed by atoms with Gasteiger partial charge in [-0.3, -0.25) is 0 Å². The minimum atomic E-state index is -0.306. The standard InChI is InChI=1S/2C8H18O2.C8H18O.C6H14O.Ti/c2*1-3-5-8(10)7(4-2)6-9;1-3-5-6-8(4-2)7-9;1-2-3-4-5-6-7;/h2*7-10H,3-6H2,1-2H3;8-9H,3-7H2,1-2H3;7H,2-6H2,1H3;/t7?,8-;;;;/m0..../s1. The van der Waals surface area contributed by atoms with Gasteiger partial charge in [-0.2, -0.15) is 0 Å². The van der Waals surface area contributed by atoms with Gasteiger partial charge >= 0.3 is 0 Å². The quantitative estimate of drug-likeness (QED) is 0.0824. The van der Waals surface area contributed by atoms with E-state index in [0.29, 0.717) is 19.1 Å². The molecule has 37 heavy (non-hydrogen) atoms. The van der Waals surface area contributed by atoms with E-state index in [4.69, 9.17) is 20.4 Å². The van der Waals surface area contributed by atoms with Crippen LogP contribution in [-0.4, -0.2) is 69.3 Å². The predicted molar refractivity (Wildman–Crippen MR) is 155 cm³/mol. The molecule has 0 spiro atoms. The third-order valence-corrected chi connectivity index (χ3v) is 6.59. The van der Waals surface area contributed by atoms with Gasteiger partial charge in [-0.05, 0) is 44.4 Å². The molecule has 0 aliphatic rings. The van der Waals surface area contributed by atoms with Crippen LogP contribution in [0.15, 0.2) is 0 Å². The predicted octanol–water partition coefficient (Wildman–Crippen LogP) is 6.08. The van der Waals surface area contributed by atoms with Crippen LogP contribution < -0.4 is 0 Å². The zero-order chi connectivity index (χ0) is 28.6. The van der Waals surface area contributed by atoms with E-state index in [9.17, 15) is 10.2 Å². The van der Waals surface area contributed by atoms with Crippen molar-refractivity contribution in [2.45, 2.75) is 151 Å². The van der Waals surface area contributed by atoms with Gasteiger partial charge in [0.15, 0.2) is 0 Å². The van der Waals surface area contributed by atoms with Crippen LogP contribution in [0.4, 0.5) is 0 Å². The summed E-state index contributed by atoms with van der Waals surface area (Å²) in [4.78, 5) is 0. The second-order valence-corrected chi connectivity index (χ2v) is 9.80. The normalized spacial score (nSPS) is 14.2. The molecule has 0 bridgehead atoms. The fraction of sp³-hybridized carbons (Fsp3) is 1.00. The van der Waals surface area contributed by atoms with Crippen LogP contribution in [0.5, 0.6) is 0 Å². The molecule has 0 saturated carbocycles. The summed E-state index contributed by atoms with van der Waals surface area (Å²) in [6.07, 6.45) is 14.2. The van der Waals surface area contributed by atoms with Crippen molar-refractivity contribution in [3.8, 4) is 0 Å². The Bertz CT molecular complexity index is 327. The maximum absolute atomic E-state index is 9.35. The Hall–Kier alpha value is 0.474. The number of rotatable bonds is 19.